The SMILES string of the molecule is O=C(O)[C@H]1C(F)CCN1c1cc(-n2ccnc2)c2ccc(Cl)c(Cl)c2n1. The van der Waals surface area contributed by atoms with E-state index in [0.717, 1.165) is 5.39 Å². The maximum atomic E-state index is 14.1. The number of pyridine rings is 1. The third-order valence-electron chi connectivity index (χ3n) is 4.49. The zero-order chi connectivity index (χ0) is 18.4. The number of carbonyl (C=O) groups is 1. The Hall–Kier alpha value is -2.38. The van der Waals surface area contributed by atoms with Crippen LogP contribution >= 0.6 is 23.2 Å². The maximum Gasteiger partial charge on any atom is 0.329 e. The molecule has 9 heteroatoms. The van der Waals surface area contributed by atoms with Crippen molar-refractivity contribution in [2.24, 2.45) is 0 Å². The maximum absolute atomic E-state index is 14.1. The first kappa shape index (κ1) is 17.1. The van der Waals surface area contributed by atoms with Crippen LogP contribution in [0.3, 0.4) is 0 Å². The molecule has 6 nitrogen and oxygen atoms in total. The lowest BCUT2D eigenvalue weighted by atomic mass is 10.1. The third kappa shape index (κ3) is 2.68. The van der Waals surface area contributed by atoms with Crippen molar-refractivity contribution in [3.8, 4) is 5.69 Å². The van der Waals surface area contributed by atoms with Crippen molar-refractivity contribution in [1.29, 1.82) is 0 Å². The zero-order valence-corrected chi connectivity index (χ0v) is 14.8. The molecule has 3 aromatic rings. The Labute approximate surface area is 157 Å². The van der Waals surface area contributed by atoms with Crippen LogP contribution < -0.4 is 4.90 Å². The number of hydrogen-bond donors (Lipinski definition) is 1. The topological polar surface area (TPSA) is 71.2 Å². The van der Waals surface area contributed by atoms with E-state index in [9.17, 15) is 14.3 Å². The number of halogens is 3. The van der Waals surface area contributed by atoms with Gasteiger partial charge < -0.3 is 14.6 Å². The van der Waals surface area contributed by atoms with E-state index in [1.54, 1.807) is 41.5 Å². The van der Waals surface area contributed by atoms with Crippen LogP contribution in [0.5, 0.6) is 0 Å². The minimum atomic E-state index is -1.46. The average molecular weight is 395 g/mol. The second kappa shape index (κ2) is 6.41. The molecule has 1 aliphatic rings. The summed E-state index contributed by atoms with van der Waals surface area (Å²) in [5.41, 5.74) is 1.12. The molecule has 4 rings (SSSR count). The van der Waals surface area contributed by atoms with E-state index >= 15 is 0 Å². The van der Waals surface area contributed by atoms with E-state index in [2.05, 4.69) is 9.97 Å². The van der Waals surface area contributed by atoms with Crippen LogP contribution in [0.1, 0.15) is 6.42 Å². The molecule has 0 aliphatic carbocycles. The van der Waals surface area contributed by atoms with Gasteiger partial charge in [-0.1, -0.05) is 23.2 Å². The van der Waals surface area contributed by atoms with Gasteiger partial charge in [0.25, 0.3) is 0 Å². The Bertz CT molecular complexity index is 996. The summed E-state index contributed by atoms with van der Waals surface area (Å²) in [6.45, 7) is 0.248. The number of imidazole rings is 1. The van der Waals surface area contributed by atoms with Gasteiger partial charge in [-0.2, -0.15) is 0 Å². The lowest BCUT2D eigenvalue weighted by molar-refractivity contribution is -0.139. The van der Waals surface area contributed by atoms with E-state index in [1.165, 1.54) is 4.90 Å². The first-order valence-electron chi connectivity index (χ1n) is 7.88. The predicted octanol–water partition coefficient (Wildman–Crippen LogP) is 3.73. The molecule has 26 heavy (non-hydrogen) atoms. The predicted molar refractivity (Wildman–Crippen MR) is 97.2 cm³/mol. The van der Waals surface area contributed by atoms with Crippen LogP contribution in [0.2, 0.25) is 10.0 Å². The second-order valence-electron chi connectivity index (χ2n) is 6.01. The molecule has 134 valence electrons. The van der Waals surface area contributed by atoms with Gasteiger partial charge in [-0.05, 0) is 18.6 Å². The number of rotatable bonds is 3. The first-order chi connectivity index (χ1) is 12.5. The minimum Gasteiger partial charge on any atom is -0.480 e. The fraction of sp³-hybridized carbons (Fsp3) is 0.235. The van der Waals surface area contributed by atoms with Gasteiger partial charge in [-0.15, -0.1) is 0 Å². The number of hydrogen-bond acceptors (Lipinski definition) is 4. The summed E-state index contributed by atoms with van der Waals surface area (Å²) in [5, 5.41) is 10.7. The Morgan fingerprint density at radius 2 is 2.15 bits per heavy atom. The van der Waals surface area contributed by atoms with Gasteiger partial charge in [0.1, 0.15) is 12.0 Å². The van der Waals surface area contributed by atoms with Crippen molar-refractivity contribution in [3.63, 3.8) is 0 Å². The molecule has 1 fully saturated rings. The number of alkyl halides is 1. The molecular formula is C17H13Cl2FN4O2. The normalized spacial score (nSPS) is 20.0. The van der Waals surface area contributed by atoms with Gasteiger partial charge in [0, 0.05) is 30.4 Å². The average Bonchev–Trinajstić information content (AvgIpc) is 3.27. The molecule has 0 bridgehead atoms. The van der Waals surface area contributed by atoms with Gasteiger partial charge in [0.2, 0.25) is 0 Å². The van der Waals surface area contributed by atoms with Crippen molar-refractivity contribution in [2.75, 3.05) is 11.4 Å². The highest BCUT2D eigenvalue weighted by Gasteiger charge is 2.40. The summed E-state index contributed by atoms with van der Waals surface area (Å²) in [4.78, 5) is 21.5. The lowest BCUT2D eigenvalue weighted by Gasteiger charge is -2.24. The molecule has 0 saturated carbocycles. The third-order valence-corrected chi connectivity index (χ3v) is 5.29. The van der Waals surface area contributed by atoms with Gasteiger partial charge in [-0.3, -0.25) is 0 Å². The molecule has 0 spiro atoms. The summed E-state index contributed by atoms with van der Waals surface area (Å²) in [7, 11) is 0. The number of carboxylic acids is 1. The molecule has 1 saturated heterocycles. The number of aliphatic carboxylic acids is 1. The molecule has 0 amide bonds. The summed E-state index contributed by atoms with van der Waals surface area (Å²) in [6.07, 6.45) is 3.64. The van der Waals surface area contributed by atoms with E-state index in [-0.39, 0.29) is 18.0 Å². The highest BCUT2D eigenvalue weighted by molar-refractivity contribution is 6.45. The van der Waals surface area contributed by atoms with Crippen molar-refractivity contribution in [1.82, 2.24) is 14.5 Å². The highest BCUT2D eigenvalue weighted by atomic mass is 35.5. The number of fused-ring (bicyclic) bond motifs is 1. The standard InChI is InChI=1S/C17H13Cl2FN4O2/c18-10-2-1-9-12(23-6-4-21-8-23)7-13(22-15(9)14(10)19)24-5-3-11(20)16(24)17(25)26/h1-2,4,6-8,11,16H,3,5H2,(H,25,26)/t11?,16-/m1/s1. The van der Waals surface area contributed by atoms with E-state index in [4.69, 9.17) is 23.2 Å². The number of nitrogens with zero attached hydrogens (tertiary/aromatic N) is 4. The quantitative estimate of drug-likeness (QED) is 0.732. The zero-order valence-electron chi connectivity index (χ0n) is 13.3. The van der Waals surface area contributed by atoms with E-state index in [1.807, 2.05) is 0 Å². The van der Waals surface area contributed by atoms with Gasteiger partial charge >= 0.3 is 5.97 Å². The Morgan fingerprint density at radius 3 is 2.85 bits per heavy atom. The molecule has 2 aromatic heterocycles. The van der Waals surface area contributed by atoms with Crippen LogP contribution in [0.25, 0.3) is 16.6 Å². The first-order valence-corrected chi connectivity index (χ1v) is 8.63. The highest BCUT2D eigenvalue weighted by Crippen LogP contribution is 2.36. The van der Waals surface area contributed by atoms with Gasteiger partial charge in [0.15, 0.2) is 6.04 Å². The molecule has 2 atom stereocenters. The second-order valence-corrected chi connectivity index (χ2v) is 6.79. The fourth-order valence-corrected chi connectivity index (χ4v) is 3.62. The summed E-state index contributed by atoms with van der Waals surface area (Å²) in [6, 6.07) is 3.88. The molecular weight excluding hydrogens is 382 g/mol. The molecule has 1 unspecified atom stereocenters. The lowest BCUT2D eigenvalue weighted by Crippen LogP contribution is -2.41. The van der Waals surface area contributed by atoms with E-state index < -0.39 is 18.2 Å². The Balaban J connectivity index is 1.96. The van der Waals surface area contributed by atoms with Gasteiger partial charge in [0.05, 0.1) is 27.6 Å². The molecule has 1 aliphatic heterocycles. The van der Waals surface area contributed by atoms with Crippen LogP contribution in [0.4, 0.5) is 10.2 Å². The van der Waals surface area contributed by atoms with E-state index in [0.29, 0.717) is 22.0 Å². The monoisotopic (exact) mass is 394 g/mol. The molecule has 3 heterocycles. The Kier molecular flexibility index (Phi) is 4.20. The largest absolute Gasteiger partial charge is 0.480 e. The van der Waals surface area contributed by atoms with Crippen molar-refractivity contribution in [3.05, 3.63) is 47.0 Å². The molecule has 1 N–H and O–H groups in total. The molecule has 1 aromatic carbocycles. The summed E-state index contributed by atoms with van der Waals surface area (Å²) < 4.78 is 15.9. The van der Waals surface area contributed by atoms with Crippen molar-refractivity contribution >= 4 is 45.9 Å². The van der Waals surface area contributed by atoms with Crippen LogP contribution in [0.15, 0.2) is 36.9 Å². The summed E-state index contributed by atoms with van der Waals surface area (Å²) in [5.74, 6) is -0.892. The fourth-order valence-electron chi connectivity index (χ4n) is 3.26. The van der Waals surface area contributed by atoms with Crippen LogP contribution in [0, 0.1) is 0 Å². The number of aromatic nitrogens is 3. The number of carboxylic acid groups (broad SMARTS) is 1. The smallest absolute Gasteiger partial charge is 0.329 e. The van der Waals surface area contributed by atoms with Crippen molar-refractivity contribution < 1.29 is 14.3 Å². The van der Waals surface area contributed by atoms with Crippen LogP contribution in [-0.4, -0.2) is 44.4 Å². The Morgan fingerprint density at radius 1 is 1.35 bits per heavy atom. The minimum absolute atomic E-state index is 0.125. The number of benzene rings is 1. The van der Waals surface area contributed by atoms with Gasteiger partial charge in [-0.25, -0.2) is 19.2 Å². The van der Waals surface area contributed by atoms with Crippen LogP contribution in [-0.2, 0) is 4.79 Å². The summed E-state index contributed by atoms with van der Waals surface area (Å²) >= 11 is 12.5. The number of anilines is 1. The molecule has 0 radical (unpaired) electrons. The van der Waals surface area contributed by atoms with Crippen molar-refractivity contribution in [2.45, 2.75) is 18.6 Å².